The van der Waals surface area contributed by atoms with Crippen LogP contribution in [0.4, 0.5) is 5.69 Å². The Morgan fingerprint density at radius 3 is 2.60 bits per heavy atom. The van der Waals surface area contributed by atoms with Crippen LogP contribution in [0, 0.1) is 17.0 Å². The molecule has 0 unspecified atom stereocenters. The number of rotatable bonds is 4. The van der Waals surface area contributed by atoms with Gasteiger partial charge in [0.2, 0.25) is 5.88 Å². The number of benzene rings is 1. The van der Waals surface area contributed by atoms with Crippen LogP contribution in [0.25, 0.3) is 0 Å². The van der Waals surface area contributed by atoms with Gasteiger partial charge in [0.1, 0.15) is 5.75 Å². The summed E-state index contributed by atoms with van der Waals surface area (Å²) in [6.45, 7) is 3.10. The number of Topliss-reactive ketones (excluding diaryl/α,β-unsaturated/α-hetero) is 1. The van der Waals surface area contributed by atoms with Gasteiger partial charge in [-0.15, -0.1) is 0 Å². The van der Waals surface area contributed by atoms with Crippen molar-refractivity contribution in [2.45, 2.75) is 13.8 Å². The van der Waals surface area contributed by atoms with Crippen LogP contribution in [0.15, 0.2) is 24.3 Å². The number of nitro groups is 1. The van der Waals surface area contributed by atoms with Gasteiger partial charge < -0.3 is 4.74 Å². The highest BCUT2D eigenvalue weighted by Gasteiger charge is 2.18. The molecule has 0 fully saturated rings. The molecular formula is C13H13N3O4. The molecule has 2 aromatic rings. The summed E-state index contributed by atoms with van der Waals surface area (Å²) < 4.78 is 7.13. The normalized spacial score (nSPS) is 10.3. The summed E-state index contributed by atoms with van der Waals surface area (Å²) in [5.41, 5.74) is 0.577. The van der Waals surface area contributed by atoms with Crippen LogP contribution in [0.3, 0.4) is 0 Å². The molecule has 0 radical (unpaired) electrons. The number of nitrogens with zero attached hydrogens (tertiary/aromatic N) is 3. The molecule has 1 aromatic carbocycles. The second-order valence-corrected chi connectivity index (χ2v) is 4.34. The molecule has 0 aliphatic rings. The van der Waals surface area contributed by atoms with E-state index < -0.39 is 4.92 Å². The summed E-state index contributed by atoms with van der Waals surface area (Å²) in [6, 6.07) is 5.81. The second kappa shape index (κ2) is 5.12. The molecule has 0 saturated heterocycles. The molecule has 7 heteroatoms. The lowest BCUT2D eigenvalue weighted by Gasteiger charge is -2.06. The predicted octanol–water partition coefficient (Wildman–Crippen LogP) is 2.63. The van der Waals surface area contributed by atoms with E-state index in [1.54, 1.807) is 17.8 Å². The zero-order valence-corrected chi connectivity index (χ0v) is 11.3. The molecule has 7 nitrogen and oxygen atoms in total. The standard InChI is InChI=1S/C13H13N3O4/c1-8-6-13(15(3)14-8)20-10-4-5-12(16(18)19)11(7-10)9(2)17/h4-7H,1-3H3. The van der Waals surface area contributed by atoms with Crippen molar-refractivity contribution in [2.24, 2.45) is 7.05 Å². The monoisotopic (exact) mass is 275 g/mol. The van der Waals surface area contributed by atoms with Gasteiger partial charge in [-0.05, 0) is 26.0 Å². The highest BCUT2D eigenvalue weighted by Crippen LogP contribution is 2.28. The Morgan fingerprint density at radius 2 is 2.10 bits per heavy atom. The number of carbonyl (C=O) groups excluding carboxylic acids is 1. The minimum atomic E-state index is -0.589. The van der Waals surface area contributed by atoms with Crippen molar-refractivity contribution in [1.82, 2.24) is 9.78 Å². The van der Waals surface area contributed by atoms with Gasteiger partial charge in [-0.25, -0.2) is 4.68 Å². The zero-order chi connectivity index (χ0) is 14.9. The van der Waals surface area contributed by atoms with Crippen molar-refractivity contribution >= 4 is 11.5 Å². The lowest BCUT2D eigenvalue weighted by atomic mass is 10.1. The quantitative estimate of drug-likeness (QED) is 0.486. The number of ketones is 1. The van der Waals surface area contributed by atoms with Crippen molar-refractivity contribution in [3.05, 3.63) is 45.6 Å². The molecule has 0 spiro atoms. The summed E-state index contributed by atoms with van der Waals surface area (Å²) in [7, 11) is 1.72. The third kappa shape index (κ3) is 2.66. The Hall–Kier alpha value is -2.70. The lowest BCUT2D eigenvalue weighted by molar-refractivity contribution is -0.385. The SMILES string of the molecule is CC(=O)c1cc(Oc2cc(C)nn2C)ccc1[N+](=O)[O-]. The molecule has 0 aliphatic heterocycles. The number of hydrogen-bond donors (Lipinski definition) is 0. The van der Waals surface area contributed by atoms with Crippen LogP contribution >= 0.6 is 0 Å². The predicted molar refractivity (Wildman–Crippen MR) is 71.1 cm³/mol. The first-order chi connectivity index (χ1) is 9.38. The molecule has 20 heavy (non-hydrogen) atoms. The number of aryl methyl sites for hydroxylation is 2. The molecule has 0 bridgehead atoms. The molecule has 2 rings (SSSR count). The maximum Gasteiger partial charge on any atom is 0.280 e. The van der Waals surface area contributed by atoms with Gasteiger partial charge in [0.15, 0.2) is 5.78 Å². The Balaban J connectivity index is 2.39. The van der Waals surface area contributed by atoms with Gasteiger partial charge in [-0.3, -0.25) is 14.9 Å². The number of carbonyl (C=O) groups is 1. The minimum Gasteiger partial charge on any atom is -0.439 e. The largest absolute Gasteiger partial charge is 0.439 e. The Bertz CT molecular complexity index is 691. The molecule has 0 saturated carbocycles. The molecule has 0 N–H and O–H groups in total. The van der Waals surface area contributed by atoms with Crippen molar-refractivity contribution in [3.63, 3.8) is 0 Å². The third-order valence-corrected chi connectivity index (χ3v) is 2.73. The van der Waals surface area contributed by atoms with Gasteiger partial charge in [0, 0.05) is 19.2 Å². The zero-order valence-electron chi connectivity index (χ0n) is 11.3. The van der Waals surface area contributed by atoms with E-state index >= 15 is 0 Å². The van der Waals surface area contributed by atoms with Crippen molar-refractivity contribution in [1.29, 1.82) is 0 Å². The van der Waals surface area contributed by atoms with E-state index in [1.165, 1.54) is 25.1 Å². The van der Waals surface area contributed by atoms with E-state index in [-0.39, 0.29) is 17.0 Å². The van der Waals surface area contributed by atoms with Crippen molar-refractivity contribution in [2.75, 3.05) is 0 Å². The van der Waals surface area contributed by atoms with E-state index in [2.05, 4.69) is 5.10 Å². The molecule has 1 aromatic heterocycles. The summed E-state index contributed by atoms with van der Waals surface area (Å²) >= 11 is 0. The Kier molecular flexibility index (Phi) is 3.51. The molecule has 0 amide bonds. The van der Waals surface area contributed by atoms with E-state index in [0.29, 0.717) is 11.6 Å². The first-order valence-electron chi connectivity index (χ1n) is 5.86. The number of ether oxygens (including phenoxy) is 1. The first kappa shape index (κ1) is 13.7. The molecule has 0 aliphatic carbocycles. The Morgan fingerprint density at radius 1 is 1.40 bits per heavy atom. The number of aromatic nitrogens is 2. The summed E-state index contributed by atoms with van der Waals surface area (Å²) in [6.07, 6.45) is 0. The average Bonchev–Trinajstić information content (AvgIpc) is 2.67. The van der Waals surface area contributed by atoms with Gasteiger partial charge >= 0.3 is 0 Å². The highest BCUT2D eigenvalue weighted by atomic mass is 16.6. The van der Waals surface area contributed by atoms with Gasteiger partial charge in [0.05, 0.1) is 16.2 Å². The summed E-state index contributed by atoms with van der Waals surface area (Å²) in [4.78, 5) is 21.7. The van der Waals surface area contributed by atoms with Crippen LogP contribution in [0.1, 0.15) is 23.0 Å². The van der Waals surface area contributed by atoms with E-state index in [9.17, 15) is 14.9 Å². The Labute approximate surface area is 114 Å². The van der Waals surface area contributed by atoms with E-state index in [4.69, 9.17) is 4.74 Å². The fraction of sp³-hybridized carbons (Fsp3) is 0.231. The second-order valence-electron chi connectivity index (χ2n) is 4.34. The van der Waals surface area contributed by atoms with Crippen molar-refractivity contribution < 1.29 is 14.5 Å². The van der Waals surface area contributed by atoms with Crippen LogP contribution in [-0.2, 0) is 7.05 Å². The maximum absolute atomic E-state index is 11.5. The van der Waals surface area contributed by atoms with Gasteiger partial charge in [0.25, 0.3) is 5.69 Å². The number of hydrogen-bond acceptors (Lipinski definition) is 5. The van der Waals surface area contributed by atoms with Gasteiger partial charge in [-0.2, -0.15) is 5.10 Å². The smallest absolute Gasteiger partial charge is 0.280 e. The van der Waals surface area contributed by atoms with Crippen LogP contribution in [-0.4, -0.2) is 20.5 Å². The molecular weight excluding hydrogens is 262 g/mol. The fourth-order valence-corrected chi connectivity index (χ4v) is 1.82. The van der Waals surface area contributed by atoms with E-state index in [1.807, 2.05) is 6.92 Å². The first-order valence-corrected chi connectivity index (χ1v) is 5.86. The van der Waals surface area contributed by atoms with Crippen LogP contribution in [0.5, 0.6) is 11.6 Å². The minimum absolute atomic E-state index is 0.0198. The average molecular weight is 275 g/mol. The van der Waals surface area contributed by atoms with Crippen LogP contribution < -0.4 is 4.74 Å². The summed E-state index contributed by atoms with van der Waals surface area (Å²) in [5, 5.41) is 15.0. The molecule has 0 atom stereocenters. The van der Waals surface area contributed by atoms with Gasteiger partial charge in [-0.1, -0.05) is 0 Å². The lowest BCUT2D eigenvalue weighted by Crippen LogP contribution is -2.01. The summed E-state index contributed by atoms with van der Waals surface area (Å²) in [5.74, 6) is 0.456. The van der Waals surface area contributed by atoms with Crippen LogP contribution in [0.2, 0.25) is 0 Å². The molecule has 1 heterocycles. The maximum atomic E-state index is 11.5. The fourth-order valence-electron chi connectivity index (χ4n) is 1.82. The molecule has 104 valence electrons. The topological polar surface area (TPSA) is 87.3 Å². The van der Waals surface area contributed by atoms with Crippen molar-refractivity contribution in [3.8, 4) is 11.6 Å². The third-order valence-electron chi connectivity index (χ3n) is 2.73. The number of nitro benzene ring substituents is 1. The van der Waals surface area contributed by atoms with E-state index in [0.717, 1.165) is 5.69 Å². The highest BCUT2D eigenvalue weighted by molar-refractivity contribution is 5.98.